The number of hydrogen-bond acceptors (Lipinski definition) is 4. The molecule has 9 aromatic rings. The first kappa shape index (κ1) is 33.4. The van der Waals surface area contributed by atoms with E-state index in [9.17, 15) is 5.11 Å². The number of nitrogens with zero attached hydrogens (tertiary/aromatic N) is 3. The average Bonchev–Trinajstić information content (AvgIpc) is 3.72. The molecule has 0 amide bonds. The molecule has 0 aliphatic rings. The Morgan fingerprint density at radius 3 is 2.19 bits per heavy atom. The van der Waals surface area contributed by atoms with E-state index in [0.717, 1.165) is 66.6 Å². The van der Waals surface area contributed by atoms with E-state index in [1.165, 1.54) is 5.56 Å². The molecule has 6 heteroatoms. The molecule has 1 N–H and O–H groups in total. The Balaban J connectivity index is 0.00000387. The minimum absolute atomic E-state index is 0. The zero-order valence-electron chi connectivity index (χ0n) is 28.9. The summed E-state index contributed by atoms with van der Waals surface area (Å²) in [4.78, 5) is 10.1. The molecule has 0 saturated heterocycles. The van der Waals surface area contributed by atoms with Gasteiger partial charge in [-0.05, 0) is 41.3 Å². The van der Waals surface area contributed by atoms with E-state index < -0.39 is 0 Å². The van der Waals surface area contributed by atoms with Crippen LogP contribution in [0.5, 0.6) is 5.75 Å². The number of hydrogen-bond donors (Lipinski definition) is 1. The van der Waals surface area contributed by atoms with Crippen LogP contribution in [0.1, 0.15) is 26.3 Å². The molecule has 0 unspecified atom stereocenters. The molecule has 0 radical (unpaired) electrons. The van der Waals surface area contributed by atoms with E-state index in [4.69, 9.17) is 9.40 Å². The van der Waals surface area contributed by atoms with Crippen molar-refractivity contribution in [3.63, 3.8) is 0 Å². The molecule has 3 aromatic heterocycles. The van der Waals surface area contributed by atoms with E-state index in [-0.39, 0.29) is 32.2 Å². The van der Waals surface area contributed by atoms with Gasteiger partial charge in [0.1, 0.15) is 22.7 Å². The first-order chi connectivity index (χ1) is 24.8. The van der Waals surface area contributed by atoms with E-state index >= 15 is 0 Å². The van der Waals surface area contributed by atoms with Crippen molar-refractivity contribution < 1.29 is 30.6 Å². The molecule has 5 nitrogen and oxygen atoms in total. The molecule has 0 bridgehead atoms. The summed E-state index contributed by atoms with van der Waals surface area (Å²) in [6.45, 7) is 6.67. The molecule has 0 aliphatic heterocycles. The molecule has 52 heavy (non-hydrogen) atoms. The van der Waals surface area contributed by atoms with Crippen molar-refractivity contribution in [3.05, 3.63) is 157 Å². The number of aromatic hydroxyl groups is 1. The summed E-state index contributed by atoms with van der Waals surface area (Å²) in [6, 6.07) is 50.8. The van der Waals surface area contributed by atoms with E-state index in [2.05, 4.69) is 109 Å². The van der Waals surface area contributed by atoms with Crippen LogP contribution >= 0.6 is 0 Å². The zero-order chi connectivity index (χ0) is 34.7. The van der Waals surface area contributed by atoms with Gasteiger partial charge in [0, 0.05) is 55.4 Å². The SMILES string of the molecule is CC(C)(C)c1cc(-c2ccccn2)[c-]c(-c2cccc3c2nc(-c2cc4c(cc2O)oc2ccccc24)n3-c2ccccc2-c2ccccc2)c1.[Pt]. The first-order valence-corrected chi connectivity index (χ1v) is 17.1. The number of phenols is 1. The molecule has 256 valence electrons. The van der Waals surface area contributed by atoms with Gasteiger partial charge in [-0.3, -0.25) is 9.55 Å². The van der Waals surface area contributed by atoms with Crippen LogP contribution in [0.3, 0.4) is 0 Å². The second kappa shape index (κ2) is 13.1. The van der Waals surface area contributed by atoms with Gasteiger partial charge in [-0.2, -0.15) is 0 Å². The predicted octanol–water partition coefficient (Wildman–Crippen LogP) is 11.8. The van der Waals surface area contributed by atoms with Crippen LogP contribution in [0, 0.1) is 6.07 Å². The third kappa shape index (κ3) is 5.72. The van der Waals surface area contributed by atoms with Crippen molar-refractivity contribution in [1.29, 1.82) is 0 Å². The van der Waals surface area contributed by atoms with E-state index in [1.807, 2.05) is 66.9 Å². The minimum atomic E-state index is -0.116. The summed E-state index contributed by atoms with van der Waals surface area (Å²) < 4.78 is 8.32. The van der Waals surface area contributed by atoms with Gasteiger partial charge in [0.05, 0.1) is 22.3 Å². The van der Waals surface area contributed by atoms with Crippen molar-refractivity contribution >= 4 is 33.0 Å². The van der Waals surface area contributed by atoms with Crippen LogP contribution < -0.4 is 0 Å². The van der Waals surface area contributed by atoms with Gasteiger partial charge < -0.3 is 9.52 Å². The first-order valence-electron chi connectivity index (χ1n) is 17.1. The summed E-state index contributed by atoms with van der Waals surface area (Å²) >= 11 is 0. The molecule has 6 aromatic carbocycles. The maximum absolute atomic E-state index is 11.7. The van der Waals surface area contributed by atoms with Crippen molar-refractivity contribution in [3.8, 4) is 56.3 Å². The average molecular weight is 856 g/mol. The fourth-order valence-corrected chi connectivity index (χ4v) is 7.02. The number of para-hydroxylation sites is 3. The second-order valence-corrected chi connectivity index (χ2v) is 14.0. The van der Waals surface area contributed by atoms with Crippen LogP contribution in [0.4, 0.5) is 0 Å². The van der Waals surface area contributed by atoms with Gasteiger partial charge in [0.2, 0.25) is 0 Å². The molecule has 3 heterocycles. The van der Waals surface area contributed by atoms with Crippen LogP contribution in [0.15, 0.2) is 150 Å². The molecule has 0 aliphatic carbocycles. The number of imidazole rings is 1. The Labute approximate surface area is 316 Å². The van der Waals surface area contributed by atoms with Gasteiger partial charge >= 0.3 is 0 Å². The molecular formula is C46H34N3O2Pt-. The molecule has 0 fully saturated rings. The van der Waals surface area contributed by atoms with Crippen LogP contribution in [-0.4, -0.2) is 19.6 Å². The van der Waals surface area contributed by atoms with Gasteiger partial charge in [0.15, 0.2) is 0 Å². The van der Waals surface area contributed by atoms with Crippen molar-refractivity contribution in [1.82, 2.24) is 14.5 Å². The summed E-state index contributed by atoms with van der Waals surface area (Å²) in [5.41, 5.74) is 11.6. The quantitative estimate of drug-likeness (QED) is 0.175. The zero-order valence-corrected chi connectivity index (χ0v) is 31.1. The Hall–Kier alpha value is -5.77. The molecule has 0 spiro atoms. The molecule has 0 atom stereocenters. The van der Waals surface area contributed by atoms with Gasteiger partial charge in [-0.15, -0.1) is 29.3 Å². The third-order valence-corrected chi connectivity index (χ3v) is 9.62. The third-order valence-electron chi connectivity index (χ3n) is 9.62. The summed E-state index contributed by atoms with van der Waals surface area (Å²) in [5, 5.41) is 13.6. The van der Waals surface area contributed by atoms with Crippen LogP contribution in [-0.2, 0) is 26.5 Å². The number of benzene rings is 6. The van der Waals surface area contributed by atoms with Crippen LogP contribution in [0.25, 0.3) is 83.6 Å². The van der Waals surface area contributed by atoms with Crippen LogP contribution in [0.2, 0.25) is 0 Å². The van der Waals surface area contributed by atoms with Gasteiger partial charge in [0.25, 0.3) is 0 Å². The normalized spacial score (nSPS) is 11.7. The Kier molecular flexibility index (Phi) is 8.40. The number of aromatic nitrogens is 3. The fourth-order valence-electron chi connectivity index (χ4n) is 7.02. The number of pyridine rings is 1. The van der Waals surface area contributed by atoms with Crippen molar-refractivity contribution in [2.75, 3.05) is 0 Å². The maximum atomic E-state index is 11.7. The topological polar surface area (TPSA) is 64.1 Å². The fraction of sp³-hybridized carbons (Fsp3) is 0.0870. The Bertz CT molecular complexity index is 2740. The standard InChI is InChI=1S/C46H34N3O2.Pt/c1-46(2,3)32-25-30(24-31(26-32)38-19-11-12-23-47-38)34-18-13-21-40-44(34)48-45(49(40)39-20-9-7-16-33(39)29-14-5-4-6-15-29)37-27-36-35-17-8-10-22-42(35)51-43(36)28-41(37)50;/h4-23,25-28,50H,1-3H3;/q-1;. The smallest absolute Gasteiger partial charge is 0.148 e. The predicted molar refractivity (Wildman–Crippen MR) is 207 cm³/mol. The van der Waals surface area contributed by atoms with Crippen molar-refractivity contribution in [2.24, 2.45) is 0 Å². The number of fused-ring (bicyclic) bond motifs is 4. The van der Waals surface area contributed by atoms with Crippen molar-refractivity contribution in [2.45, 2.75) is 26.2 Å². The minimum Gasteiger partial charge on any atom is -0.507 e. The van der Waals surface area contributed by atoms with Gasteiger partial charge in [-0.25, -0.2) is 4.98 Å². The number of phenolic OH excluding ortho intramolecular Hbond substituents is 1. The van der Waals surface area contributed by atoms with E-state index in [0.29, 0.717) is 17.0 Å². The maximum Gasteiger partial charge on any atom is 0.148 e. The number of rotatable bonds is 5. The van der Waals surface area contributed by atoms with Gasteiger partial charge in [-0.1, -0.05) is 123 Å². The van der Waals surface area contributed by atoms with E-state index in [1.54, 1.807) is 6.07 Å². The summed E-state index contributed by atoms with van der Waals surface area (Å²) in [6.07, 6.45) is 1.82. The molecule has 9 rings (SSSR count). The summed E-state index contributed by atoms with van der Waals surface area (Å²) in [5.74, 6) is 0.720. The number of furan rings is 1. The molecule has 0 saturated carbocycles. The Morgan fingerprint density at radius 2 is 1.38 bits per heavy atom. The summed E-state index contributed by atoms with van der Waals surface area (Å²) in [7, 11) is 0. The largest absolute Gasteiger partial charge is 0.507 e. The second-order valence-electron chi connectivity index (χ2n) is 14.0. The monoisotopic (exact) mass is 855 g/mol. The molecular weight excluding hydrogens is 822 g/mol. The Morgan fingerprint density at radius 1 is 0.654 bits per heavy atom.